The van der Waals surface area contributed by atoms with E-state index in [0.717, 1.165) is 12.1 Å². The van der Waals surface area contributed by atoms with Gasteiger partial charge in [0.1, 0.15) is 11.6 Å². The summed E-state index contributed by atoms with van der Waals surface area (Å²) in [6.07, 6.45) is -3.39. The molecule has 2 rings (SSSR count). The van der Waals surface area contributed by atoms with E-state index < -0.39 is 23.7 Å². The van der Waals surface area contributed by atoms with Crippen molar-refractivity contribution in [1.29, 1.82) is 0 Å². The molecule has 0 saturated heterocycles. The number of halogens is 5. The molecular weight excluding hydrogens is 265 g/mol. The largest absolute Gasteiger partial charge is 0.391 e. The highest BCUT2D eigenvalue weighted by atomic mass is 19.4. The summed E-state index contributed by atoms with van der Waals surface area (Å²) in [6.45, 7) is 0. The van der Waals surface area contributed by atoms with Gasteiger partial charge in [-0.3, -0.25) is 0 Å². The minimum Gasteiger partial charge on any atom is -0.380 e. The van der Waals surface area contributed by atoms with Crippen LogP contribution in [0.5, 0.6) is 0 Å². The Morgan fingerprint density at radius 3 is 2.16 bits per heavy atom. The van der Waals surface area contributed by atoms with Gasteiger partial charge in [-0.15, -0.1) is 0 Å². The van der Waals surface area contributed by atoms with Gasteiger partial charge in [-0.25, -0.2) is 8.78 Å². The maximum atomic E-state index is 13.4. The molecule has 1 aliphatic rings. The molecule has 0 heterocycles. The molecule has 1 fully saturated rings. The highest BCUT2D eigenvalue weighted by molar-refractivity contribution is 5.45. The van der Waals surface area contributed by atoms with Crippen LogP contribution >= 0.6 is 0 Å². The zero-order valence-corrected chi connectivity index (χ0v) is 10.1. The van der Waals surface area contributed by atoms with Crippen LogP contribution in [0.4, 0.5) is 27.6 Å². The molecule has 0 aliphatic heterocycles. The summed E-state index contributed by atoms with van der Waals surface area (Å²) in [4.78, 5) is 0. The Kier molecular flexibility index (Phi) is 3.96. The SMILES string of the molecule is Fc1ccc(NC2CCC(C(F)(F)F)CC2)c(F)c1. The molecule has 0 spiro atoms. The van der Waals surface area contributed by atoms with Gasteiger partial charge in [0.25, 0.3) is 0 Å². The molecule has 0 bridgehead atoms. The van der Waals surface area contributed by atoms with Gasteiger partial charge in [-0.2, -0.15) is 13.2 Å². The van der Waals surface area contributed by atoms with E-state index in [-0.39, 0.29) is 24.6 Å². The van der Waals surface area contributed by atoms with E-state index in [4.69, 9.17) is 0 Å². The fourth-order valence-electron chi connectivity index (χ4n) is 2.39. The molecule has 1 N–H and O–H groups in total. The van der Waals surface area contributed by atoms with Crippen LogP contribution in [0.15, 0.2) is 18.2 Å². The van der Waals surface area contributed by atoms with Crippen LogP contribution in [0.2, 0.25) is 0 Å². The van der Waals surface area contributed by atoms with Crippen molar-refractivity contribution in [2.45, 2.75) is 37.9 Å². The zero-order valence-electron chi connectivity index (χ0n) is 10.1. The second-order valence-corrected chi connectivity index (χ2v) is 4.86. The lowest BCUT2D eigenvalue weighted by molar-refractivity contribution is -0.182. The van der Waals surface area contributed by atoms with Crippen molar-refractivity contribution in [2.24, 2.45) is 5.92 Å². The standard InChI is InChI=1S/C13H14F5N/c14-9-3-6-12(11(15)7-9)19-10-4-1-8(2-5-10)13(16,17)18/h3,6-8,10,19H,1-2,4-5H2. The second-order valence-electron chi connectivity index (χ2n) is 4.86. The predicted octanol–water partition coefficient (Wildman–Crippen LogP) is 4.50. The Labute approximate surface area is 107 Å². The number of hydrogen-bond donors (Lipinski definition) is 1. The smallest absolute Gasteiger partial charge is 0.380 e. The van der Waals surface area contributed by atoms with E-state index in [1.807, 2.05) is 0 Å². The molecule has 0 atom stereocenters. The Hall–Kier alpha value is -1.33. The fourth-order valence-corrected chi connectivity index (χ4v) is 2.39. The molecule has 0 unspecified atom stereocenters. The first kappa shape index (κ1) is 14.1. The van der Waals surface area contributed by atoms with E-state index >= 15 is 0 Å². The number of alkyl halides is 3. The van der Waals surface area contributed by atoms with Crippen LogP contribution < -0.4 is 5.32 Å². The van der Waals surface area contributed by atoms with Gasteiger partial charge in [-0.05, 0) is 37.8 Å². The first-order valence-corrected chi connectivity index (χ1v) is 6.14. The molecule has 6 heteroatoms. The van der Waals surface area contributed by atoms with Gasteiger partial charge in [0.05, 0.1) is 11.6 Å². The summed E-state index contributed by atoms with van der Waals surface area (Å²) < 4.78 is 63.5. The summed E-state index contributed by atoms with van der Waals surface area (Å²) in [5, 5.41) is 2.84. The quantitative estimate of drug-likeness (QED) is 0.786. The molecule has 1 aliphatic carbocycles. The topological polar surface area (TPSA) is 12.0 Å². The fraction of sp³-hybridized carbons (Fsp3) is 0.538. The molecule has 1 saturated carbocycles. The molecule has 1 aromatic rings. The first-order valence-electron chi connectivity index (χ1n) is 6.14. The van der Waals surface area contributed by atoms with Crippen molar-refractivity contribution in [2.75, 3.05) is 5.32 Å². The van der Waals surface area contributed by atoms with Crippen LogP contribution in [0.1, 0.15) is 25.7 Å². The van der Waals surface area contributed by atoms with Crippen LogP contribution in [-0.2, 0) is 0 Å². The number of benzene rings is 1. The Morgan fingerprint density at radius 1 is 1.00 bits per heavy atom. The third-order valence-electron chi connectivity index (χ3n) is 3.48. The number of rotatable bonds is 2. The van der Waals surface area contributed by atoms with Crippen molar-refractivity contribution >= 4 is 5.69 Å². The van der Waals surface area contributed by atoms with E-state index in [0.29, 0.717) is 12.8 Å². The lowest BCUT2D eigenvalue weighted by Gasteiger charge is -2.30. The van der Waals surface area contributed by atoms with Crippen molar-refractivity contribution in [1.82, 2.24) is 0 Å². The molecule has 19 heavy (non-hydrogen) atoms. The summed E-state index contributed by atoms with van der Waals surface area (Å²) in [7, 11) is 0. The highest BCUT2D eigenvalue weighted by Crippen LogP contribution is 2.38. The highest BCUT2D eigenvalue weighted by Gasteiger charge is 2.41. The Bertz CT molecular complexity index is 435. The lowest BCUT2D eigenvalue weighted by Crippen LogP contribution is -2.33. The predicted molar refractivity (Wildman–Crippen MR) is 61.8 cm³/mol. The maximum absolute atomic E-state index is 13.4. The summed E-state index contributed by atoms with van der Waals surface area (Å²) >= 11 is 0. The molecular formula is C13H14F5N. The maximum Gasteiger partial charge on any atom is 0.391 e. The average Bonchev–Trinajstić information content (AvgIpc) is 2.32. The molecule has 0 amide bonds. The minimum absolute atomic E-state index is 0.0456. The monoisotopic (exact) mass is 279 g/mol. The van der Waals surface area contributed by atoms with Gasteiger partial charge < -0.3 is 5.32 Å². The number of nitrogens with one attached hydrogen (secondary N) is 1. The number of anilines is 1. The third kappa shape index (κ3) is 3.58. The van der Waals surface area contributed by atoms with Crippen molar-refractivity contribution in [3.8, 4) is 0 Å². The van der Waals surface area contributed by atoms with Gasteiger partial charge in [0.2, 0.25) is 0 Å². The van der Waals surface area contributed by atoms with Crippen LogP contribution in [0, 0.1) is 17.6 Å². The normalized spacial score (nSPS) is 24.3. The first-order chi connectivity index (χ1) is 8.86. The molecule has 0 radical (unpaired) electrons. The van der Waals surface area contributed by atoms with Crippen molar-refractivity contribution < 1.29 is 22.0 Å². The summed E-state index contributed by atoms with van der Waals surface area (Å²) in [5.74, 6) is -2.66. The van der Waals surface area contributed by atoms with Gasteiger partial charge >= 0.3 is 6.18 Å². The Balaban J connectivity index is 1.92. The van der Waals surface area contributed by atoms with E-state index in [1.165, 1.54) is 6.07 Å². The van der Waals surface area contributed by atoms with E-state index in [2.05, 4.69) is 5.32 Å². The third-order valence-corrected chi connectivity index (χ3v) is 3.48. The van der Waals surface area contributed by atoms with Gasteiger partial charge in [0.15, 0.2) is 0 Å². The lowest BCUT2D eigenvalue weighted by atomic mass is 9.85. The van der Waals surface area contributed by atoms with Crippen LogP contribution in [0.3, 0.4) is 0 Å². The van der Waals surface area contributed by atoms with Crippen molar-refractivity contribution in [3.05, 3.63) is 29.8 Å². The summed E-state index contributed by atoms with van der Waals surface area (Å²) in [6, 6.07) is 2.94. The minimum atomic E-state index is -4.15. The molecule has 0 aromatic heterocycles. The molecule has 1 aromatic carbocycles. The van der Waals surface area contributed by atoms with Gasteiger partial charge in [0, 0.05) is 12.1 Å². The van der Waals surface area contributed by atoms with E-state index in [9.17, 15) is 22.0 Å². The van der Waals surface area contributed by atoms with Crippen LogP contribution in [0.25, 0.3) is 0 Å². The van der Waals surface area contributed by atoms with Crippen molar-refractivity contribution in [3.63, 3.8) is 0 Å². The summed E-state index contributed by atoms with van der Waals surface area (Å²) in [5.41, 5.74) is 0.136. The average molecular weight is 279 g/mol. The van der Waals surface area contributed by atoms with Gasteiger partial charge in [-0.1, -0.05) is 0 Å². The van der Waals surface area contributed by atoms with Crippen LogP contribution in [-0.4, -0.2) is 12.2 Å². The van der Waals surface area contributed by atoms with E-state index in [1.54, 1.807) is 0 Å². The Morgan fingerprint density at radius 2 is 1.63 bits per heavy atom. The zero-order chi connectivity index (χ0) is 14.0. The second kappa shape index (κ2) is 5.35. The molecule has 106 valence electrons. The number of hydrogen-bond acceptors (Lipinski definition) is 1. The molecule has 1 nitrogen and oxygen atoms in total.